The highest BCUT2D eigenvalue weighted by atomic mass is 16.5. The number of carbonyl (C=O) groups is 1. The van der Waals surface area contributed by atoms with Crippen molar-refractivity contribution in [3.63, 3.8) is 0 Å². The number of carbonyl (C=O) groups excluding carboxylic acids is 1. The van der Waals surface area contributed by atoms with E-state index in [1.165, 1.54) is 5.56 Å². The van der Waals surface area contributed by atoms with Crippen LogP contribution in [0.4, 0.5) is 0 Å². The molecule has 5 nitrogen and oxygen atoms in total. The average molecular weight is 340 g/mol. The van der Waals surface area contributed by atoms with E-state index in [4.69, 9.17) is 9.47 Å². The van der Waals surface area contributed by atoms with Crippen molar-refractivity contribution in [1.82, 2.24) is 10.6 Å². The third-order valence-electron chi connectivity index (χ3n) is 4.54. The zero-order valence-electron chi connectivity index (χ0n) is 14.7. The number of fused-ring (bicyclic) bond motifs is 1. The summed E-state index contributed by atoms with van der Waals surface area (Å²) in [5, 5.41) is 6.33. The van der Waals surface area contributed by atoms with Gasteiger partial charge in [0.1, 0.15) is 0 Å². The first-order chi connectivity index (χ1) is 12.2. The first-order valence-corrected chi connectivity index (χ1v) is 8.50. The molecule has 0 radical (unpaired) electrons. The van der Waals surface area contributed by atoms with Crippen LogP contribution in [0.2, 0.25) is 0 Å². The Balaban J connectivity index is 1.59. The standard InChI is InChI=1S/C20H24N2O3/c1-24-18-11-15-10-17(22-13-16(15)12-19(18)25-2)20(23)21-9-8-14-6-4-3-5-7-14/h3-7,11-12,17,22H,8-10,13H2,1-2H3,(H,21,23). The van der Waals surface area contributed by atoms with Gasteiger partial charge in [-0.25, -0.2) is 0 Å². The zero-order chi connectivity index (χ0) is 17.6. The molecule has 1 aliphatic heterocycles. The molecule has 0 saturated heterocycles. The van der Waals surface area contributed by atoms with E-state index in [0.29, 0.717) is 31.0 Å². The summed E-state index contributed by atoms with van der Waals surface area (Å²) < 4.78 is 10.7. The lowest BCUT2D eigenvalue weighted by molar-refractivity contribution is -0.123. The van der Waals surface area contributed by atoms with E-state index in [-0.39, 0.29) is 11.9 Å². The molecule has 5 heteroatoms. The Morgan fingerprint density at radius 2 is 1.80 bits per heavy atom. The van der Waals surface area contributed by atoms with Crippen molar-refractivity contribution in [2.45, 2.75) is 25.4 Å². The zero-order valence-corrected chi connectivity index (χ0v) is 14.7. The summed E-state index contributed by atoms with van der Waals surface area (Å²) in [6.45, 7) is 1.28. The van der Waals surface area contributed by atoms with E-state index in [1.807, 2.05) is 30.3 Å². The first kappa shape index (κ1) is 17.3. The number of amides is 1. The van der Waals surface area contributed by atoms with Crippen LogP contribution < -0.4 is 20.1 Å². The highest BCUT2D eigenvalue weighted by molar-refractivity contribution is 5.82. The topological polar surface area (TPSA) is 59.6 Å². The fourth-order valence-electron chi connectivity index (χ4n) is 3.13. The predicted molar refractivity (Wildman–Crippen MR) is 97.0 cm³/mol. The second kappa shape index (κ2) is 8.03. The number of rotatable bonds is 6. The molecule has 1 amide bonds. The minimum Gasteiger partial charge on any atom is -0.493 e. The molecule has 0 spiro atoms. The van der Waals surface area contributed by atoms with Crippen LogP contribution in [0.15, 0.2) is 42.5 Å². The third kappa shape index (κ3) is 4.12. The minimum absolute atomic E-state index is 0.0383. The number of nitrogens with one attached hydrogen (secondary N) is 2. The molecular weight excluding hydrogens is 316 g/mol. The van der Waals surface area contributed by atoms with Crippen LogP contribution in [-0.2, 0) is 24.2 Å². The van der Waals surface area contributed by atoms with Gasteiger partial charge in [0.25, 0.3) is 0 Å². The summed E-state index contributed by atoms with van der Waals surface area (Å²) in [7, 11) is 3.25. The molecule has 2 aromatic carbocycles. The van der Waals surface area contributed by atoms with Crippen LogP contribution in [0, 0.1) is 0 Å². The quantitative estimate of drug-likeness (QED) is 0.845. The van der Waals surface area contributed by atoms with Gasteiger partial charge < -0.3 is 20.1 Å². The molecule has 132 valence electrons. The molecule has 0 aliphatic carbocycles. The molecular formula is C20H24N2O3. The SMILES string of the molecule is COc1cc2c(cc1OC)CC(C(=O)NCCc1ccccc1)NC2. The molecule has 2 aromatic rings. The van der Waals surface area contributed by atoms with Gasteiger partial charge in [-0.05, 0) is 41.7 Å². The fraction of sp³-hybridized carbons (Fsp3) is 0.350. The summed E-state index contributed by atoms with van der Waals surface area (Å²) in [5.74, 6) is 1.46. The second-order valence-corrected chi connectivity index (χ2v) is 6.14. The number of hydrogen-bond donors (Lipinski definition) is 2. The molecule has 0 saturated carbocycles. The van der Waals surface area contributed by atoms with Gasteiger partial charge in [0.15, 0.2) is 11.5 Å². The monoisotopic (exact) mass is 340 g/mol. The Hall–Kier alpha value is -2.53. The van der Waals surface area contributed by atoms with Crippen LogP contribution in [0.3, 0.4) is 0 Å². The van der Waals surface area contributed by atoms with Gasteiger partial charge in [-0.1, -0.05) is 30.3 Å². The number of ether oxygens (including phenoxy) is 2. The van der Waals surface area contributed by atoms with E-state index in [1.54, 1.807) is 14.2 Å². The number of methoxy groups -OCH3 is 2. The summed E-state index contributed by atoms with van der Waals surface area (Å²) in [6, 6.07) is 13.9. The highest BCUT2D eigenvalue weighted by Gasteiger charge is 2.25. The van der Waals surface area contributed by atoms with E-state index in [0.717, 1.165) is 17.5 Å². The van der Waals surface area contributed by atoms with E-state index in [2.05, 4.69) is 22.8 Å². The van der Waals surface area contributed by atoms with Gasteiger partial charge in [-0.2, -0.15) is 0 Å². The highest BCUT2D eigenvalue weighted by Crippen LogP contribution is 2.32. The molecule has 25 heavy (non-hydrogen) atoms. The van der Waals surface area contributed by atoms with Gasteiger partial charge in [0.2, 0.25) is 5.91 Å². The summed E-state index contributed by atoms with van der Waals surface area (Å²) in [6.07, 6.45) is 1.48. The first-order valence-electron chi connectivity index (χ1n) is 8.50. The summed E-state index contributed by atoms with van der Waals surface area (Å²) in [4.78, 5) is 12.4. The third-order valence-corrected chi connectivity index (χ3v) is 4.54. The fourth-order valence-corrected chi connectivity index (χ4v) is 3.13. The van der Waals surface area contributed by atoms with Crippen molar-refractivity contribution < 1.29 is 14.3 Å². The van der Waals surface area contributed by atoms with Crippen molar-refractivity contribution >= 4 is 5.91 Å². The normalized spacial score (nSPS) is 16.0. The maximum atomic E-state index is 12.4. The van der Waals surface area contributed by atoms with Crippen molar-refractivity contribution in [2.24, 2.45) is 0 Å². The largest absolute Gasteiger partial charge is 0.493 e. The Morgan fingerprint density at radius 1 is 1.12 bits per heavy atom. The molecule has 0 bridgehead atoms. The Morgan fingerprint density at radius 3 is 2.48 bits per heavy atom. The summed E-state index contributed by atoms with van der Waals surface area (Å²) >= 11 is 0. The van der Waals surface area contributed by atoms with Crippen LogP contribution in [0.5, 0.6) is 11.5 Å². The Bertz CT molecular complexity index is 731. The van der Waals surface area contributed by atoms with Crippen LogP contribution in [-0.4, -0.2) is 32.7 Å². The summed E-state index contributed by atoms with van der Waals surface area (Å²) in [5.41, 5.74) is 3.49. The van der Waals surface area contributed by atoms with Crippen molar-refractivity contribution in [3.8, 4) is 11.5 Å². The Kier molecular flexibility index (Phi) is 5.56. The Labute approximate surface area is 148 Å². The minimum atomic E-state index is -0.221. The molecule has 1 aliphatic rings. The maximum Gasteiger partial charge on any atom is 0.237 e. The van der Waals surface area contributed by atoms with E-state index < -0.39 is 0 Å². The molecule has 1 heterocycles. The molecule has 0 aromatic heterocycles. The van der Waals surface area contributed by atoms with Crippen molar-refractivity contribution in [2.75, 3.05) is 20.8 Å². The van der Waals surface area contributed by atoms with Crippen molar-refractivity contribution in [1.29, 1.82) is 0 Å². The lowest BCUT2D eigenvalue weighted by atomic mass is 9.94. The number of benzene rings is 2. The van der Waals surface area contributed by atoms with Crippen LogP contribution in [0.25, 0.3) is 0 Å². The van der Waals surface area contributed by atoms with Crippen molar-refractivity contribution in [3.05, 3.63) is 59.2 Å². The smallest absolute Gasteiger partial charge is 0.237 e. The van der Waals surface area contributed by atoms with Gasteiger partial charge in [-0.15, -0.1) is 0 Å². The van der Waals surface area contributed by atoms with Gasteiger partial charge in [0, 0.05) is 13.1 Å². The van der Waals surface area contributed by atoms with Crippen LogP contribution in [0.1, 0.15) is 16.7 Å². The van der Waals surface area contributed by atoms with Gasteiger partial charge >= 0.3 is 0 Å². The van der Waals surface area contributed by atoms with E-state index >= 15 is 0 Å². The van der Waals surface area contributed by atoms with Gasteiger partial charge in [0.05, 0.1) is 20.3 Å². The molecule has 1 unspecified atom stereocenters. The molecule has 2 N–H and O–H groups in total. The lowest BCUT2D eigenvalue weighted by Gasteiger charge is -2.26. The lowest BCUT2D eigenvalue weighted by Crippen LogP contribution is -2.48. The molecule has 1 atom stereocenters. The number of hydrogen-bond acceptors (Lipinski definition) is 4. The average Bonchev–Trinajstić information content (AvgIpc) is 2.67. The van der Waals surface area contributed by atoms with Crippen LogP contribution >= 0.6 is 0 Å². The van der Waals surface area contributed by atoms with Gasteiger partial charge in [-0.3, -0.25) is 4.79 Å². The maximum absolute atomic E-state index is 12.4. The molecule has 0 fully saturated rings. The molecule has 3 rings (SSSR count). The predicted octanol–water partition coefficient (Wildman–Crippen LogP) is 2.08. The second-order valence-electron chi connectivity index (χ2n) is 6.14. The van der Waals surface area contributed by atoms with E-state index in [9.17, 15) is 4.79 Å².